The topological polar surface area (TPSA) is 56.3 Å². The summed E-state index contributed by atoms with van der Waals surface area (Å²) in [6.07, 6.45) is 5.55. The maximum absolute atomic E-state index is 5.89. The van der Waals surface area contributed by atoms with Gasteiger partial charge in [-0.25, -0.2) is 4.98 Å². The molecule has 5 heteroatoms. The van der Waals surface area contributed by atoms with Crippen molar-refractivity contribution in [2.45, 2.75) is 52.1 Å². The Balaban J connectivity index is 2.06. The maximum atomic E-state index is 5.89. The van der Waals surface area contributed by atoms with Gasteiger partial charge >= 0.3 is 0 Å². The Morgan fingerprint density at radius 3 is 2.85 bits per heavy atom. The highest BCUT2D eigenvalue weighted by molar-refractivity contribution is 5.48. The van der Waals surface area contributed by atoms with Gasteiger partial charge in [0.05, 0.1) is 11.7 Å². The van der Waals surface area contributed by atoms with E-state index in [1.807, 2.05) is 14.0 Å². The molecule has 1 atom stereocenters. The van der Waals surface area contributed by atoms with Crippen molar-refractivity contribution >= 4 is 5.82 Å². The molecule has 1 saturated heterocycles. The molecule has 1 aromatic heterocycles. The van der Waals surface area contributed by atoms with E-state index in [2.05, 4.69) is 22.2 Å². The van der Waals surface area contributed by atoms with Gasteiger partial charge < -0.3 is 14.8 Å². The number of hydrogen-bond donors (Lipinski definition) is 1. The molecular weight excluding hydrogens is 254 g/mol. The molecule has 0 saturated carbocycles. The largest absolute Gasteiger partial charge is 0.475 e. The predicted octanol–water partition coefficient (Wildman–Crippen LogP) is 2.73. The van der Waals surface area contributed by atoms with Gasteiger partial charge in [-0.1, -0.05) is 6.92 Å². The van der Waals surface area contributed by atoms with E-state index >= 15 is 0 Å². The summed E-state index contributed by atoms with van der Waals surface area (Å²) in [6.45, 7) is 5.53. The maximum Gasteiger partial charge on any atom is 0.221 e. The predicted molar refractivity (Wildman–Crippen MR) is 79.4 cm³/mol. The second kappa shape index (κ2) is 7.43. The highest BCUT2D eigenvalue weighted by Gasteiger charge is 2.17. The first-order chi connectivity index (χ1) is 9.74. The summed E-state index contributed by atoms with van der Waals surface area (Å²) >= 11 is 0. The Kier molecular flexibility index (Phi) is 5.59. The normalized spacial score (nSPS) is 18.9. The van der Waals surface area contributed by atoms with Gasteiger partial charge in [-0.05, 0) is 32.6 Å². The molecule has 20 heavy (non-hydrogen) atoms. The third kappa shape index (κ3) is 3.82. The minimum atomic E-state index is 0.200. The number of nitrogens with one attached hydrogen (secondary N) is 1. The van der Waals surface area contributed by atoms with E-state index < -0.39 is 0 Å². The minimum Gasteiger partial charge on any atom is -0.475 e. The van der Waals surface area contributed by atoms with Gasteiger partial charge in [-0.3, -0.25) is 0 Å². The molecule has 0 aromatic carbocycles. The summed E-state index contributed by atoms with van der Waals surface area (Å²) in [5, 5.41) is 3.11. The molecule has 0 bridgehead atoms. The molecule has 1 aliphatic rings. The average Bonchev–Trinajstić information content (AvgIpc) is 2.48. The van der Waals surface area contributed by atoms with E-state index in [1.165, 1.54) is 6.42 Å². The Morgan fingerprint density at radius 2 is 2.20 bits per heavy atom. The van der Waals surface area contributed by atoms with E-state index in [-0.39, 0.29) is 6.10 Å². The van der Waals surface area contributed by atoms with Crippen molar-refractivity contribution in [2.75, 3.05) is 25.6 Å². The zero-order valence-electron chi connectivity index (χ0n) is 12.7. The van der Waals surface area contributed by atoms with Crippen LogP contribution < -0.4 is 10.1 Å². The molecule has 112 valence electrons. The Labute approximate surface area is 121 Å². The molecule has 1 fully saturated rings. The molecule has 0 aliphatic carbocycles. The van der Waals surface area contributed by atoms with Crippen LogP contribution in [0.3, 0.4) is 0 Å². The van der Waals surface area contributed by atoms with Crippen LogP contribution >= 0.6 is 0 Å². The number of hydrogen-bond acceptors (Lipinski definition) is 5. The molecule has 1 aliphatic heterocycles. The lowest BCUT2D eigenvalue weighted by Crippen LogP contribution is -2.26. The van der Waals surface area contributed by atoms with E-state index in [4.69, 9.17) is 9.47 Å². The lowest BCUT2D eigenvalue weighted by atomic mass is 10.1. The van der Waals surface area contributed by atoms with Gasteiger partial charge in [0.2, 0.25) is 5.88 Å². The van der Waals surface area contributed by atoms with E-state index in [0.717, 1.165) is 49.5 Å². The molecule has 2 rings (SSSR count). The minimum absolute atomic E-state index is 0.200. The summed E-state index contributed by atoms with van der Waals surface area (Å²) < 4.78 is 11.6. The average molecular weight is 279 g/mol. The van der Waals surface area contributed by atoms with Gasteiger partial charge in [0.25, 0.3) is 0 Å². The number of nitrogens with zero attached hydrogens (tertiary/aromatic N) is 2. The van der Waals surface area contributed by atoms with Crippen molar-refractivity contribution in [2.24, 2.45) is 0 Å². The molecular formula is C15H25N3O2. The van der Waals surface area contributed by atoms with Crippen molar-refractivity contribution < 1.29 is 9.47 Å². The van der Waals surface area contributed by atoms with Crippen LogP contribution in [-0.2, 0) is 11.2 Å². The molecule has 1 N–H and O–H groups in total. The molecule has 1 aromatic rings. The quantitative estimate of drug-likeness (QED) is 0.867. The van der Waals surface area contributed by atoms with E-state index in [1.54, 1.807) is 0 Å². The van der Waals surface area contributed by atoms with Crippen molar-refractivity contribution in [1.29, 1.82) is 0 Å². The van der Waals surface area contributed by atoms with Crippen molar-refractivity contribution in [3.63, 3.8) is 0 Å². The first-order valence-corrected chi connectivity index (χ1v) is 7.54. The fourth-order valence-electron chi connectivity index (χ4n) is 2.37. The summed E-state index contributed by atoms with van der Waals surface area (Å²) in [5.41, 5.74) is 0.961. The standard InChI is InChI=1S/C15H25N3O2/c1-4-7-13-17-14(16-3)11(2)15(18-13)20-10-12-8-5-6-9-19-12/h12H,4-10H2,1-3H3,(H,16,17,18). The first-order valence-electron chi connectivity index (χ1n) is 7.54. The van der Waals surface area contributed by atoms with Gasteiger partial charge in [-0.15, -0.1) is 0 Å². The molecule has 1 unspecified atom stereocenters. The van der Waals surface area contributed by atoms with Crippen LogP contribution in [0.5, 0.6) is 5.88 Å². The van der Waals surface area contributed by atoms with Gasteiger partial charge in [0.1, 0.15) is 18.2 Å². The molecule has 0 spiro atoms. The Morgan fingerprint density at radius 1 is 1.35 bits per heavy atom. The SMILES string of the molecule is CCCc1nc(NC)c(C)c(OCC2CCCCO2)n1. The van der Waals surface area contributed by atoms with Crippen LogP contribution in [0.2, 0.25) is 0 Å². The second-order valence-corrected chi connectivity index (χ2v) is 5.22. The number of rotatable bonds is 6. The number of ether oxygens (including phenoxy) is 2. The lowest BCUT2D eigenvalue weighted by Gasteiger charge is -2.23. The van der Waals surface area contributed by atoms with Crippen LogP contribution in [0.25, 0.3) is 0 Å². The lowest BCUT2D eigenvalue weighted by molar-refractivity contribution is -0.0121. The summed E-state index contributed by atoms with van der Waals surface area (Å²) in [7, 11) is 1.87. The monoisotopic (exact) mass is 279 g/mol. The van der Waals surface area contributed by atoms with Gasteiger partial charge in [0, 0.05) is 20.1 Å². The molecule has 0 amide bonds. The van der Waals surface area contributed by atoms with Crippen LogP contribution in [0.1, 0.15) is 44.0 Å². The smallest absolute Gasteiger partial charge is 0.221 e. The van der Waals surface area contributed by atoms with Gasteiger partial charge in [-0.2, -0.15) is 4.98 Å². The first kappa shape index (κ1) is 15.0. The van der Waals surface area contributed by atoms with Crippen LogP contribution in [0.4, 0.5) is 5.82 Å². The summed E-state index contributed by atoms with van der Waals surface area (Å²) in [4.78, 5) is 9.03. The molecule has 2 heterocycles. The van der Waals surface area contributed by atoms with E-state index in [0.29, 0.717) is 12.5 Å². The van der Waals surface area contributed by atoms with Crippen LogP contribution in [0.15, 0.2) is 0 Å². The molecule has 0 radical (unpaired) electrons. The Bertz CT molecular complexity index is 431. The third-order valence-corrected chi connectivity index (χ3v) is 3.54. The fourth-order valence-corrected chi connectivity index (χ4v) is 2.37. The van der Waals surface area contributed by atoms with Gasteiger partial charge in [0.15, 0.2) is 0 Å². The zero-order valence-corrected chi connectivity index (χ0v) is 12.7. The van der Waals surface area contributed by atoms with Crippen molar-refractivity contribution in [3.05, 3.63) is 11.4 Å². The second-order valence-electron chi connectivity index (χ2n) is 5.22. The summed E-state index contributed by atoms with van der Waals surface area (Å²) in [6, 6.07) is 0. The number of anilines is 1. The summed E-state index contributed by atoms with van der Waals surface area (Å²) in [5.74, 6) is 2.37. The zero-order chi connectivity index (χ0) is 14.4. The van der Waals surface area contributed by atoms with Crippen LogP contribution in [-0.4, -0.2) is 36.3 Å². The van der Waals surface area contributed by atoms with Crippen molar-refractivity contribution in [3.8, 4) is 5.88 Å². The van der Waals surface area contributed by atoms with Crippen molar-refractivity contribution in [1.82, 2.24) is 9.97 Å². The highest BCUT2D eigenvalue weighted by Crippen LogP contribution is 2.23. The van der Waals surface area contributed by atoms with Crippen LogP contribution in [0, 0.1) is 6.92 Å². The number of aryl methyl sites for hydroxylation is 1. The third-order valence-electron chi connectivity index (χ3n) is 3.54. The van der Waals surface area contributed by atoms with E-state index in [9.17, 15) is 0 Å². The molecule has 5 nitrogen and oxygen atoms in total. The highest BCUT2D eigenvalue weighted by atomic mass is 16.5. The fraction of sp³-hybridized carbons (Fsp3) is 0.733. The Hall–Kier alpha value is -1.36. The number of aromatic nitrogens is 2.